The Morgan fingerprint density at radius 1 is 1.05 bits per heavy atom. The van der Waals surface area contributed by atoms with E-state index in [0.29, 0.717) is 17.7 Å². The maximum absolute atomic E-state index is 12.9. The van der Waals surface area contributed by atoms with Gasteiger partial charge in [-0.1, -0.05) is 37.8 Å². The molecule has 2 amide bonds. The number of para-hydroxylation sites is 1. The van der Waals surface area contributed by atoms with Crippen molar-refractivity contribution in [2.75, 3.05) is 4.90 Å². The maximum atomic E-state index is 12.9. The van der Waals surface area contributed by atoms with Crippen LogP contribution >= 0.6 is 0 Å². The molecule has 0 atom stereocenters. The molecule has 1 aromatic rings. The van der Waals surface area contributed by atoms with E-state index < -0.39 is 5.41 Å². The summed E-state index contributed by atoms with van der Waals surface area (Å²) in [6.45, 7) is 0. The summed E-state index contributed by atoms with van der Waals surface area (Å²) in [5.41, 5.74) is 0.303. The smallest absolute Gasteiger partial charge is 0.240 e. The van der Waals surface area contributed by atoms with Crippen LogP contribution in [-0.4, -0.2) is 11.8 Å². The molecule has 0 unspecified atom stereocenters. The summed E-state index contributed by atoms with van der Waals surface area (Å²) in [6, 6.07) is 8.91. The van der Waals surface area contributed by atoms with Crippen molar-refractivity contribution >= 4 is 17.5 Å². The zero-order chi connectivity index (χ0) is 14.9. The van der Waals surface area contributed by atoms with Crippen molar-refractivity contribution in [3.05, 3.63) is 29.8 Å². The van der Waals surface area contributed by atoms with Crippen LogP contribution in [0.15, 0.2) is 24.3 Å². The molecule has 21 heavy (non-hydrogen) atoms. The van der Waals surface area contributed by atoms with E-state index >= 15 is 0 Å². The van der Waals surface area contributed by atoms with E-state index in [9.17, 15) is 14.9 Å². The molecule has 0 bridgehead atoms. The lowest BCUT2D eigenvalue weighted by Gasteiger charge is -2.25. The number of hydrogen-bond acceptors (Lipinski definition) is 3. The average molecular weight is 282 g/mol. The fourth-order valence-electron chi connectivity index (χ4n) is 3.60. The SMILES string of the molecule is N#Cc1ccccc1N1C(=O)CC2(CCCCCC2)C1=O. The number of amides is 2. The van der Waals surface area contributed by atoms with Gasteiger partial charge in [-0.3, -0.25) is 9.59 Å². The standard InChI is InChI=1S/C17H18N2O2/c18-12-13-7-3-4-8-14(13)19-15(20)11-17(16(19)21)9-5-1-2-6-10-17/h3-4,7-8H,1-2,5-6,9-11H2. The Balaban J connectivity index is 1.99. The summed E-state index contributed by atoms with van der Waals surface area (Å²) in [5.74, 6) is -0.262. The van der Waals surface area contributed by atoms with Crippen LogP contribution in [0, 0.1) is 16.7 Å². The lowest BCUT2D eigenvalue weighted by Crippen LogP contribution is -2.36. The number of benzene rings is 1. The highest BCUT2D eigenvalue weighted by Crippen LogP contribution is 2.46. The van der Waals surface area contributed by atoms with Gasteiger partial charge in [0.25, 0.3) is 0 Å². The van der Waals surface area contributed by atoms with Crippen LogP contribution in [-0.2, 0) is 9.59 Å². The second kappa shape index (κ2) is 5.33. The molecule has 2 fully saturated rings. The minimum absolute atomic E-state index is 0.0999. The van der Waals surface area contributed by atoms with Crippen LogP contribution in [0.4, 0.5) is 5.69 Å². The number of hydrogen-bond donors (Lipinski definition) is 0. The Bertz CT molecular complexity index is 622. The number of nitriles is 1. The Hall–Kier alpha value is -2.15. The molecule has 1 aliphatic heterocycles. The van der Waals surface area contributed by atoms with E-state index in [1.165, 1.54) is 4.90 Å². The molecule has 1 aliphatic carbocycles. The van der Waals surface area contributed by atoms with Crippen LogP contribution < -0.4 is 4.90 Å². The quantitative estimate of drug-likeness (QED) is 0.743. The molecule has 1 heterocycles. The first kappa shape index (κ1) is 13.8. The number of rotatable bonds is 1. The molecule has 1 saturated heterocycles. The minimum Gasteiger partial charge on any atom is -0.274 e. The Labute approximate surface area is 124 Å². The van der Waals surface area contributed by atoms with Gasteiger partial charge in [0.1, 0.15) is 6.07 Å². The second-order valence-electron chi connectivity index (χ2n) is 6.03. The van der Waals surface area contributed by atoms with Gasteiger partial charge in [-0.15, -0.1) is 0 Å². The second-order valence-corrected chi connectivity index (χ2v) is 6.03. The van der Waals surface area contributed by atoms with Crippen LogP contribution in [0.1, 0.15) is 50.5 Å². The zero-order valence-electron chi connectivity index (χ0n) is 12.0. The molecular weight excluding hydrogens is 264 g/mol. The van der Waals surface area contributed by atoms with Crippen LogP contribution in [0.3, 0.4) is 0 Å². The Morgan fingerprint density at radius 2 is 1.71 bits per heavy atom. The largest absolute Gasteiger partial charge is 0.274 e. The summed E-state index contributed by atoms with van der Waals surface area (Å²) in [6.07, 6.45) is 6.17. The molecule has 1 spiro atoms. The lowest BCUT2D eigenvalue weighted by atomic mass is 9.79. The zero-order valence-corrected chi connectivity index (χ0v) is 12.0. The lowest BCUT2D eigenvalue weighted by molar-refractivity contribution is -0.126. The average Bonchev–Trinajstić information content (AvgIpc) is 2.66. The normalized spacial score (nSPS) is 21.4. The first-order valence-electron chi connectivity index (χ1n) is 7.54. The molecule has 0 N–H and O–H groups in total. The Kier molecular flexibility index (Phi) is 3.50. The van der Waals surface area contributed by atoms with Gasteiger partial charge in [0.2, 0.25) is 11.8 Å². The monoisotopic (exact) mass is 282 g/mol. The number of nitrogens with zero attached hydrogens (tertiary/aromatic N) is 2. The molecule has 3 rings (SSSR count). The summed E-state index contributed by atoms with van der Waals surface area (Å²) in [7, 11) is 0. The third-order valence-electron chi connectivity index (χ3n) is 4.72. The van der Waals surface area contributed by atoms with Crippen LogP contribution in [0.5, 0.6) is 0 Å². The van der Waals surface area contributed by atoms with Gasteiger partial charge in [-0.2, -0.15) is 5.26 Å². The fourth-order valence-corrected chi connectivity index (χ4v) is 3.60. The number of anilines is 1. The van der Waals surface area contributed by atoms with Gasteiger partial charge in [0.15, 0.2) is 0 Å². The van der Waals surface area contributed by atoms with Crippen molar-refractivity contribution in [1.82, 2.24) is 0 Å². The van der Waals surface area contributed by atoms with Gasteiger partial charge in [-0.25, -0.2) is 4.90 Å². The van der Waals surface area contributed by atoms with Crippen molar-refractivity contribution in [3.8, 4) is 6.07 Å². The van der Waals surface area contributed by atoms with Gasteiger partial charge in [0.05, 0.1) is 16.7 Å². The third kappa shape index (κ3) is 2.23. The van der Waals surface area contributed by atoms with E-state index in [1.807, 2.05) is 0 Å². The fraction of sp³-hybridized carbons (Fsp3) is 0.471. The third-order valence-corrected chi connectivity index (χ3v) is 4.72. The molecule has 108 valence electrons. The number of imide groups is 1. The summed E-state index contributed by atoms with van der Waals surface area (Å²) >= 11 is 0. The highest BCUT2D eigenvalue weighted by molar-refractivity contribution is 6.23. The Morgan fingerprint density at radius 3 is 2.38 bits per heavy atom. The first-order valence-corrected chi connectivity index (χ1v) is 7.54. The molecule has 0 aromatic heterocycles. The van der Waals surface area contributed by atoms with Crippen molar-refractivity contribution < 1.29 is 9.59 Å². The topological polar surface area (TPSA) is 61.2 Å². The van der Waals surface area contributed by atoms with E-state index in [1.54, 1.807) is 24.3 Å². The summed E-state index contributed by atoms with van der Waals surface area (Å²) in [5, 5.41) is 9.20. The van der Waals surface area contributed by atoms with Crippen molar-refractivity contribution in [2.24, 2.45) is 5.41 Å². The predicted molar refractivity (Wildman–Crippen MR) is 78.4 cm³/mol. The van der Waals surface area contributed by atoms with Crippen molar-refractivity contribution in [1.29, 1.82) is 5.26 Å². The first-order chi connectivity index (χ1) is 10.2. The molecule has 1 saturated carbocycles. The van der Waals surface area contributed by atoms with Crippen molar-refractivity contribution in [2.45, 2.75) is 44.9 Å². The highest BCUT2D eigenvalue weighted by atomic mass is 16.2. The molecule has 2 aliphatic rings. The van der Waals surface area contributed by atoms with E-state index in [4.69, 9.17) is 0 Å². The van der Waals surface area contributed by atoms with Gasteiger partial charge < -0.3 is 0 Å². The van der Waals surface area contributed by atoms with Crippen LogP contribution in [0.25, 0.3) is 0 Å². The molecule has 4 heteroatoms. The summed E-state index contributed by atoms with van der Waals surface area (Å²) < 4.78 is 0. The van der Waals surface area contributed by atoms with Gasteiger partial charge >= 0.3 is 0 Å². The number of carbonyl (C=O) groups excluding carboxylic acids is 2. The minimum atomic E-state index is -0.518. The van der Waals surface area contributed by atoms with Crippen molar-refractivity contribution in [3.63, 3.8) is 0 Å². The van der Waals surface area contributed by atoms with E-state index in [2.05, 4.69) is 6.07 Å². The van der Waals surface area contributed by atoms with Crippen LogP contribution in [0.2, 0.25) is 0 Å². The van der Waals surface area contributed by atoms with E-state index in [0.717, 1.165) is 38.5 Å². The highest BCUT2D eigenvalue weighted by Gasteiger charge is 2.51. The molecule has 1 aromatic carbocycles. The predicted octanol–water partition coefficient (Wildman–Crippen LogP) is 3.16. The molecular formula is C17H18N2O2. The maximum Gasteiger partial charge on any atom is 0.240 e. The van der Waals surface area contributed by atoms with Gasteiger partial charge in [-0.05, 0) is 25.0 Å². The number of carbonyl (C=O) groups is 2. The molecule has 4 nitrogen and oxygen atoms in total. The van der Waals surface area contributed by atoms with E-state index in [-0.39, 0.29) is 11.8 Å². The summed E-state index contributed by atoms with van der Waals surface area (Å²) in [4.78, 5) is 26.6. The van der Waals surface area contributed by atoms with Gasteiger partial charge in [0, 0.05) is 6.42 Å². The molecule has 0 radical (unpaired) electrons.